The average Bonchev–Trinajstić information content (AvgIpc) is 2.25. The third-order valence-corrected chi connectivity index (χ3v) is 3.79. The van der Waals surface area contributed by atoms with Crippen molar-refractivity contribution >= 4 is 0 Å². The Morgan fingerprint density at radius 1 is 1.25 bits per heavy atom. The second-order valence-corrected chi connectivity index (χ2v) is 6.19. The minimum atomic E-state index is -0.289. The second-order valence-electron chi connectivity index (χ2n) is 6.19. The molecule has 2 heteroatoms. The van der Waals surface area contributed by atoms with Crippen molar-refractivity contribution in [1.29, 1.82) is 0 Å². The van der Waals surface area contributed by atoms with Crippen LogP contribution in [0.5, 0.6) is 0 Å². The summed E-state index contributed by atoms with van der Waals surface area (Å²) in [7, 11) is 0. The van der Waals surface area contributed by atoms with Gasteiger partial charge in [-0.2, -0.15) is 0 Å². The second kappa shape index (κ2) is 6.02. The van der Waals surface area contributed by atoms with Gasteiger partial charge in [0.05, 0.1) is 18.8 Å². The standard InChI is InChI=1S/C14H28O2/c1-5-11(15)10-16-13-9-7-6-8-12(13)14(2,3)4/h11-13,15H,5-10H2,1-4H3/t11?,12-,13+/m0/s1. The molecular formula is C14H28O2. The summed E-state index contributed by atoms with van der Waals surface area (Å²) in [5.74, 6) is 0.644. The van der Waals surface area contributed by atoms with Gasteiger partial charge in [0.25, 0.3) is 0 Å². The van der Waals surface area contributed by atoms with Crippen LogP contribution >= 0.6 is 0 Å². The molecule has 16 heavy (non-hydrogen) atoms. The first-order chi connectivity index (χ1) is 7.45. The largest absolute Gasteiger partial charge is 0.391 e. The highest BCUT2D eigenvalue weighted by Gasteiger charge is 2.34. The summed E-state index contributed by atoms with van der Waals surface area (Å²) < 4.78 is 5.92. The van der Waals surface area contributed by atoms with Crippen molar-refractivity contribution in [2.45, 2.75) is 72.0 Å². The fourth-order valence-electron chi connectivity index (χ4n) is 2.64. The molecule has 0 aromatic carbocycles. The zero-order valence-corrected chi connectivity index (χ0v) is 11.3. The van der Waals surface area contributed by atoms with Crippen LogP contribution in [0.15, 0.2) is 0 Å². The lowest BCUT2D eigenvalue weighted by Gasteiger charge is -2.40. The molecule has 1 aliphatic carbocycles. The van der Waals surface area contributed by atoms with E-state index in [-0.39, 0.29) is 6.10 Å². The number of ether oxygens (including phenoxy) is 1. The smallest absolute Gasteiger partial charge is 0.0771 e. The van der Waals surface area contributed by atoms with Gasteiger partial charge in [-0.1, -0.05) is 40.5 Å². The molecule has 0 aliphatic heterocycles. The highest BCUT2D eigenvalue weighted by Crippen LogP contribution is 2.39. The molecule has 0 aromatic rings. The van der Waals surface area contributed by atoms with Gasteiger partial charge in [0, 0.05) is 0 Å². The van der Waals surface area contributed by atoms with Gasteiger partial charge in [0.1, 0.15) is 0 Å². The van der Waals surface area contributed by atoms with Crippen molar-refractivity contribution in [1.82, 2.24) is 0 Å². The molecule has 0 aromatic heterocycles. The van der Waals surface area contributed by atoms with E-state index in [4.69, 9.17) is 4.74 Å². The predicted molar refractivity (Wildman–Crippen MR) is 67.5 cm³/mol. The fourth-order valence-corrected chi connectivity index (χ4v) is 2.64. The lowest BCUT2D eigenvalue weighted by Crippen LogP contribution is -2.38. The number of aliphatic hydroxyl groups is 1. The molecule has 1 fully saturated rings. The van der Waals surface area contributed by atoms with Crippen LogP contribution in [0.25, 0.3) is 0 Å². The maximum absolute atomic E-state index is 9.55. The van der Waals surface area contributed by atoms with E-state index in [0.29, 0.717) is 24.0 Å². The Morgan fingerprint density at radius 3 is 2.44 bits per heavy atom. The molecule has 0 radical (unpaired) electrons. The van der Waals surface area contributed by atoms with E-state index in [0.717, 1.165) is 6.42 Å². The van der Waals surface area contributed by atoms with Crippen LogP contribution in [0.4, 0.5) is 0 Å². The van der Waals surface area contributed by atoms with E-state index >= 15 is 0 Å². The van der Waals surface area contributed by atoms with Gasteiger partial charge in [0.2, 0.25) is 0 Å². The van der Waals surface area contributed by atoms with Crippen LogP contribution in [-0.4, -0.2) is 23.9 Å². The van der Waals surface area contributed by atoms with Crippen molar-refractivity contribution in [3.63, 3.8) is 0 Å². The molecule has 1 saturated carbocycles. The van der Waals surface area contributed by atoms with E-state index in [1.165, 1.54) is 25.7 Å². The molecule has 0 heterocycles. The third-order valence-electron chi connectivity index (χ3n) is 3.79. The number of aliphatic hydroxyl groups excluding tert-OH is 1. The minimum absolute atomic E-state index is 0.289. The van der Waals surface area contributed by atoms with Crippen molar-refractivity contribution in [2.75, 3.05) is 6.61 Å². The van der Waals surface area contributed by atoms with E-state index < -0.39 is 0 Å². The van der Waals surface area contributed by atoms with Crippen LogP contribution in [-0.2, 0) is 4.74 Å². The molecule has 96 valence electrons. The summed E-state index contributed by atoms with van der Waals surface area (Å²) in [5.41, 5.74) is 0.322. The van der Waals surface area contributed by atoms with E-state index in [9.17, 15) is 5.11 Å². The number of rotatable bonds is 4. The summed E-state index contributed by atoms with van der Waals surface area (Å²) >= 11 is 0. The molecule has 1 aliphatic rings. The summed E-state index contributed by atoms with van der Waals surface area (Å²) in [6.45, 7) is 9.41. The zero-order chi connectivity index (χ0) is 12.2. The number of hydrogen-bond donors (Lipinski definition) is 1. The van der Waals surface area contributed by atoms with Gasteiger partial charge in [-0.15, -0.1) is 0 Å². The fraction of sp³-hybridized carbons (Fsp3) is 1.00. The molecule has 1 N–H and O–H groups in total. The van der Waals surface area contributed by atoms with Crippen LogP contribution < -0.4 is 0 Å². The van der Waals surface area contributed by atoms with Gasteiger partial charge in [-0.25, -0.2) is 0 Å². The Kier molecular flexibility index (Phi) is 5.26. The Bertz CT molecular complexity index is 195. The first-order valence-electron chi connectivity index (χ1n) is 6.74. The summed E-state index contributed by atoms with van der Waals surface area (Å²) in [4.78, 5) is 0. The lowest BCUT2D eigenvalue weighted by atomic mass is 9.70. The van der Waals surface area contributed by atoms with Gasteiger partial charge in [-0.3, -0.25) is 0 Å². The van der Waals surface area contributed by atoms with Gasteiger partial charge in [0.15, 0.2) is 0 Å². The molecule has 0 spiro atoms. The van der Waals surface area contributed by atoms with E-state index in [2.05, 4.69) is 20.8 Å². The quantitative estimate of drug-likeness (QED) is 0.799. The molecule has 3 atom stereocenters. The Hall–Kier alpha value is -0.0800. The predicted octanol–water partition coefficient (Wildman–Crippen LogP) is 3.38. The topological polar surface area (TPSA) is 29.5 Å². The summed E-state index contributed by atoms with van der Waals surface area (Å²) in [5, 5.41) is 9.55. The van der Waals surface area contributed by atoms with Crippen LogP contribution in [0.3, 0.4) is 0 Å². The SMILES string of the molecule is CCC(O)CO[C@@H]1CCCC[C@@H]1C(C)(C)C. The summed E-state index contributed by atoms with van der Waals surface area (Å²) in [6, 6.07) is 0. The molecular weight excluding hydrogens is 200 g/mol. The highest BCUT2D eigenvalue weighted by atomic mass is 16.5. The van der Waals surface area contributed by atoms with E-state index in [1.54, 1.807) is 0 Å². The van der Waals surface area contributed by atoms with Gasteiger partial charge >= 0.3 is 0 Å². The van der Waals surface area contributed by atoms with Crippen LogP contribution in [0, 0.1) is 11.3 Å². The van der Waals surface area contributed by atoms with Crippen LogP contribution in [0.2, 0.25) is 0 Å². The summed E-state index contributed by atoms with van der Waals surface area (Å²) in [6.07, 6.45) is 5.90. The maximum Gasteiger partial charge on any atom is 0.0771 e. The molecule has 1 rings (SSSR count). The van der Waals surface area contributed by atoms with Gasteiger partial charge in [-0.05, 0) is 30.6 Å². The lowest BCUT2D eigenvalue weighted by molar-refractivity contribution is -0.0756. The molecule has 0 bridgehead atoms. The third kappa shape index (κ3) is 4.06. The highest BCUT2D eigenvalue weighted by molar-refractivity contribution is 4.84. The zero-order valence-electron chi connectivity index (χ0n) is 11.3. The van der Waals surface area contributed by atoms with Crippen molar-refractivity contribution in [3.05, 3.63) is 0 Å². The maximum atomic E-state index is 9.55. The van der Waals surface area contributed by atoms with Crippen molar-refractivity contribution < 1.29 is 9.84 Å². The van der Waals surface area contributed by atoms with E-state index in [1.807, 2.05) is 6.92 Å². The normalized spacial score (nSPS) is 29.1. The molecule has 0 amide bonds. The molecule has 2 nitrogen and oxygen atoms in total. The Morgan fingerprint density at radius 2 is 1.88 bits per heavy atom. The Balaban J connectivity index is 2.47. The minimum Gasteiger partial charge on any atom is -0.391 e. The van der Waals surface area contributed by atoms with Gasteiger partial charge < -0.3 is 9.84 Å². The molecule has 1 unspecified atom stereocenters. The first kappa shape index (κ1) is 14.0. The van der Waals surface area contributed by atoms with Crippen molar-refractivity contribution in [3.8, 4) is 0 Å². The Labute approximate surface area is 100 Å². The first-order valence-corrected chi connectivity index (χ1v) is 6.74. The monoisotopic (exact) mass is 228 g/mol. The molecule has 0 saturated heterocycles. The number of hydrogen-bond acceptors (Lipinski definition) is 2. The van der Waals surface area contributed by atoms with Crippen LogP contribution in [0.1, 0.15) is 59.8 Å². The van der Waals surface area contributed by atoms with Crippen molar-refractivity contribution in [2.24, 2.45) is 11.3 Å². The average molecular weight is 228 g/mol.